The first-order chi connectivity index (χ1) is 6.75. The van der Waals surface area contributed by atoms with E-state index < -0.39 is 0 Å². The summed E-state index contributed by atoms with van der Waals surface area (Å²) in [5.74, 6) is 0.00981. The quantitative estimate of drug-likeness (QED) is 0.768. The second-order valence-corrected chi connectivity index (χ2v) is 2.67. The Morgan fingerprint density at radius 2 is 1.86 bits per heavy atom. The molecule has 1 aromatic carbocycles. The van der Waals surface area contributed by atoms with Gasteiger partial charge in [0.05, 0.1) is 0 Å². The summed E-state index contributed by atoms with van der Waals surface area (Å²) in [5.41, 5.74) is 1.78. The van der Waals surface area contributed by atoms with E-state index in [1.54, 1.807) is 0 Å². The Kier molecular flexibility index (Phi) is 6.46. The summed E-state index contributed by atoms with van der Waals surface area (Å²) in [5, 5.41) is 2.76. The van der Waals surface area contributed by atoms with Crippen molar-refractivity contribution in [3.63, 3.8) is 0 Å². The van der Waals surface area contributed by atoms with E-state index in [-0.39, 0.29) is 5.91 Å². The Balaban J connectivity index is 0.000000791. The van der Waals surface area contributed by atoms with E-state index in [1.165, 1.54) is 0 Å². The van der Waals surface area contributed by atoms with Crippen molar-refractivity contribution in [1.82, 2.24) is 5.32 Å². The molecule has 0 atom stereocenters. The van der Waals surface area contributed by atoms with Crippen LogP contribution in [-0.2, 0) is 0 Å². The van der Waals surface area contributed by atoms with Gasteiger partial charge in [-0.3, -0.25) is 4.79 Å². The molecule has 1 rings (SSSR count). The fourth-order valence-electron chi connectivity index (χ4n) is 1.08. The van der Waals surface area contributed by atoms with Gasteiger partial charge in [-0.2, -0.15) is 0 Å². The minimum absolute atomic E-state index is 0.00981. The van der Waals surface area contributed by atoms with Crippen molar-refractivity contribution in [3.05, 3.63) is 35.4 Å². The third kappa shape index (κ3) is 3.60. The van der Waals surface area contributed by atoms with Crippen molar-refractivity contribution in [2.24, 2.45) is 0 Å². The third-order valence-corrected chi connectivity index (χ3v) is 1.73. The Bertz CT molecular complexity index is 281. The lowest BCUT2D eigenvalue weighted by molar-refractivity contribution is 0.0955. The predicted molar refractivity (Wildman–Crippen MR) is 60.5 cm³/mol. The van der Waals surface area contributed by atoms with Gasteiger partial charge in [0.15, 0.2) is 0 Å². The second-order valence-electron chi connectivity index (χ2n) is 2.67. The van der Waals surface area contributed by atoms with Crippen LogP contribution >= 0.6 is 0 Å². The number of rotatable bonds is 2. The molecule has 0 aliphatic carbocycles. The van der Waals surface area contributed by atoms with Gasteiger partial charge in [0.1, 0.15) is 0 Å². The van der Waals surface area contributed by atoms with Crippen LogP contribution in [-0.4, -0.2) is 12.5 Å². The molecular weight excluding hydrogens is 174 g/mol. The summed E-state index contributed by atoms with van der Waals surface area (Å²) in [6.07, 6.45) is 0. The highest BCUT2D eigenvalue weighted by Gasteiger charge is 2.04. The normalized spacial score (nSPS) is 8.57. The molecule has 0 fully saturated rings. The molecule has 0 saturated heterocycles. The van der Waals surface area contributed by atoms with Crippen molar-refractivity contribution in [2.75, 3.05) is 6.54 Å². The zero-order valence-corrected chi connectivity index (χ0v) is 9.42. The van der Waals surface area contributed by atoms with Gasteiger partial charge >= 0.3 is 0 Å². The number of carbonyl (C=O) groups excluding carboxylic acids is 1. The van der Waals surface area contributed by atoms with E-state index >= 15 is 0 Å². The number of carbonyl (C=O) groups is 1. The molecule has 0 spiro atoms. The van der Waals surface area contributed by atoms with Crippen LogP contribution in [0.15, 0.2) is 24.3 Å². The van der Waals surface area contributed by atoms with Crippen molar-refractivity contribution in [1.29, 1.82) is 0 Å². The fraction of sp³-hybridized carbons (Fsp3) is 0.417. The molecule has 0 radical (unpaired) electrons. The van der Waals surface area contributed by atoms with E-state index in [2.05, 4.69) is 5.32 Å². The van der Waals surface area contributed by atoms with Crippen LogP contribution in [0.1, 0.15) is 36.7 Å². The first kappa shape index (κ1) is 12.7. The van der Waals surface area contributed by atoms with Crippen LogP contribution < -0.4 is 5.32 Å². The lowest BCUT2D eigenvalue weighted by Gasteiger charge is -2.04. The van der Waals surface area contributed by atoms with Gasteiger partial charge in [-0.1, -0.05) is 32.0 Å². The maximum atomic E-state index is 11.4. The van der Waals surface area contributed by atoms with E-state index in [0.717, 1.165) is 11.1 Å². The Hall–Kier alpha value is -1.31. The first-order valence-electron chi connectivity index (χ1n) is 5.09. The van der Waals surface area contributed by atoms with Gasteiger partial charge in [-0.05, 0) is 25.5 Å². The van der Waals surface area contributed by atoms with Gasteiger partial charge in [-0.25, -0.2) is 0 Å². The number of benzene rings is 1. The van der Waals surface area contributed by atoms with Crippen LogP contribution in [0.4, 0.5) is 0 Å². The van der Waals surface area contributed by atoms with Crippen LogP contribution in [0.2, 0.25) is 0 Å². The van der Waals surface area contributed by atoms with Crippen molar-refractivity contribution < 1.29 is 4.79 Å². The summed E-state index contributed by atoms with van der Waals surface area (Å²) >= 11 is 0. The molecule has 0 aromatic heterocycles. The summed E-state index contributed by atoms with van der Waals surface area (Å²) in [6.45, 7) is 8.52. The predicted octanol–water partition coefficient (Wildman–Crippen LogP) is 2.77. The lowest BCUT2D eigenvalue weighted by Crippen LogP contribution is -2.23. The molecular formula is C12H19NO. The molecule has 14 heavy (non-hydrogen) atoms. The Morgan fingerprint density at radius 1 is 1.29 bits per heavy atom. The molecule has 0 unspecified atom stereocenters. The molecule has 2 nitrogen and oxygen atoms in total. The zero-order chi connectivity index (χ0) is 11.0. The van der Waals surface area contributed by atoms with Gasteiger partial charge in [0.2, 0.25) is 0 Å². The summed E-state index contributed by atoms with van der Waals surface area (Å²) in [4.78, 5) is 11.4. The highest BCUT2D eigenvalue weighted by Crippen LogP contribution is 2.05. The standard InChI is InChI=1S/C10H13NO.C2H6/c1-3-11-10(12)9-7-5-4-6-8(9)2;1-2/h4-7H,3H2,1-2H3,(H,11,12);1-2H3. The molecule has 0 saturated carbocycles. The van der Waals surface area contributed by atoms with E-state index in [4.69, 9.17) is 0 Å². The molecule has 1 N–H and O–H groups in total. The lowest BCUT2D eigenvalue weighted by atomic mass is 10.1. The number of hydrogen-bond donors (Lipinski definition) is 1. The highest BCUT2D eigenvalue weighted by atomic mass is 16.1. The highest BCUT2D eigenvalue weighted by molar-refractivity contribution is 5.95. The molecule has 1 aromatic rings. The number of nitrogens with one attached hydrogen (secondary N) is 1. The monoisotopic (exact) mass is 193 g/mol. The molecule has 1 amide bonds. The molecule has 0 aliphatic heterocycles. The smallest absolute Gasteiger partial charge is 0.251 e. The maximum Gasteiger partial charge on any atom is 0.251 e. The minimum Gasteiger partial charge on any atom is -0.352 e. The maximum absolute atomic E-state index is 11.4. The SMILES string of the molecule is CC.CCNC(=O)c1ccccc1C. The van der Waals surface area contributed by atoms with Crippen molar-refractivity contribution in [2.45, 2.75) is 27.7 Å². The summed E-state index contributed by atoms with van der Waals surface area (Å²) in [6, 6.07) is 7.57. The molecule has 0 bridgehead atoms. The van der Waals surface area contributed by atoms with Crippen LogP contribution in [0.5, 0.6) is 0 Å². The molecule has 0 heterocycles. The topological polar surface area (TPSA) is 29.1 Å². The van der Waals surface area contributed by atoms with Gasteiger partial charge < -0.3 is 5.32 Å². The number of aryl methyl sites for hydroxylation is 1. The average Bonchev–Trinajstić information content (AvgIpc) is 2.22. The molecule has 78 valence electrons. The van der Waals surface area contributed by atoms with E-state index in [0.29, 0.717) is 6.54 Å². The van der Waals surface area contributed by atoms with E-state index in [1.807, 2.05) is 52.0 Å². The number of amides is 1. The van der Waals surface area contributed by atoms with E-state index in [9.17, 15) is 4.79 Å². The van der Waals surface area contributed by atoms with Gasteiger partial charge in [-0.15, -0.1) is 0 Å². The Morgan fingerprint density at radius 3 is 2.36 bits per heavy atom. The van der Waals surface area contributed by atoms with Gasteiger partial charge in [0.25, 0.3) is 5.91 Å². The third-order valence-electron chi connectivity index (χ3n) is 1.73. The summed E-state index contributed by atoms with van der Waals surface area (Å²) in [7, 11) is 0. The van der Waals surface area contributed by atoms with Crippen LogP contribution in [0, 0.1) is 6.92 Å². The average molecular weight is 193 g/mol. The molecule has 2 heteroatoms. The minimum atomic E-state index is 0.00981. The largest absolute Gasteiger partial charge is 0.352 e. The molecule has 0 aliphatic rings. The zero-order valence-electron chi connectivity index (χ0n) is 9.42. The Labute approximate surface area is 86.3 Å². The van der Waals surface area contributed by atoms with Crippen molar-refractivity contribution in [3.8, 4) is 0 Å². The van der Waals surface area contributed by atoms with Gasteiger partial charge in [0, 0.05) is 12.1 Å². The summed E-state index contributed by atoms with van der Waals surface area (Å²) < 4.78 is 0. The fourth-order valence-corrected chi connectivity index (χ4v) is 1.08. The number of hydrogen-bond acceptors (Lipinski definition) is 1. The van der Waals surface area contributed by atoms with Crippen LogP contribution in [0.25, 0.3) is 0 Å². The van der Waals surface area contributed by atoms with Crippen molar-refractivity contribution >= 4 is 5.91 Å². The second kappa shape index (κ2) is 7.13. The first-order valence-corrected chi connectivity index (χ1v) is 5.09. The van der Waals surface area contributed by atoms with Crippen LogP contribution in [0.3, 0.4) is 0 Å².